The molecule has 2 N–H and O–H groups in total. The van der Waals surface area contributed by atoms with Gasteiger partial charge < -0.3 is 10.5 Å². The molecule has 0 spiro atoms. The highest BCUT2D eigenvalue weighted by molar-refractivity contribution is 5.75. The third kappa shape index (κ3) is 12.4. The summed E-state index contributed by atoms with van der Waals surface area (Å²) in [5, 5.41) is 0. The number of nitrogens with two attached hydrogens (primary N) is 1. The first-order valence-electron chi connectivity index (χ1n) is 8.28. The Morgan fingerprint density at radius 3 is 2.21 bits per heavy atom. The highest BCUT2D eigenvalue weighted by Crippen LogP contribution is 2.11. The van der Waals surface area contributed by atoms with Crippen molar-refractivity contribution in [1.82, 2.24) is 0 Å². The Labute approximate surface area is 147 Å². The molecule has 0 bridgehead atoms. The van der Waals surface area contributed by atoms with Crippen LogP contribution in [0.15, 0.2) is 68.8 Å². The predicted molar refractivity (Wildman–Crippen MR) is 105 cm³/mol. The first kappa shape index (κ1) is 24.1. The smallest absolute Gasteiger partial charge is 0.322 e. The highest BCUT2D eigenvalue weighted by Gasteiger charge is 2.17. The Balaban J connectivity index is 0. The quantitative estimate of drug-likeness (QED) is 0.555. The summed E-state index contributed by atoms with van der Waals surface area (Å²) in [7, 11) is 0. The van der Waals surface area contributed by atoms with Crippen molar-refractivity contribution in [3.8, 4) is 0 Å². The summed E-state index contributed by atoms with van der Waals surface area (Å²) >= 11 is 0. The van der Waals surface area contributed by atoms with Crippen LogP contribution < -0.4 is 5.73 Å². The van der Waals surface area contributed by atoms with Crippen molar-refractivity contribution in [3.05, 3.63) is 74.4 Å². The molecule has 0 saturated carbocycles. The van der Waals surface area contributed by atoms with Gasteiger partial charge in [-0.1, -0.05) is 49.4 Å². The Kier molecular flexibility index (Phi) is 17.3. The lowest BCUT2D eigenvalue weighted by Crippen LogP contribution is -2.34. The van der Waals surface area contributed by atoms with Crippen LogP contribution in [-0.4, -0.2) is 18.6 Å². The third-order valence-electron chi connectivity index (χ3n) is 3.23. The minimum atomic E-state index is -0.511. The van der Waals surface area contributed by atoms with Gasteiger partial charge in [0.15, 0.2) is 0 Å². The van der Waals surface area contributed by atoms with E-state index in [1.807, 2.05) is 37.3 Å². The number of ether oxygens (including phenoxy) is 1. The number of allylic oxidation sites excluding steroid dienone is 2. The summed E-state index contributed by atoms with van der Waals surface area (Å²) in [5.74, 6) is -0.0118. The van der Waals surface area contributed by atoms with E-state index in [4.69, 9.17) is 10.5 Å². The summed E-state index contributed by atoms with van der Waals surface area (Å²) in [6.45, 7) is 17.5. The van der Waals surface area contributed by atoms with Crippen LogP contribution in [0, 0.1) is 5.92 Å². The lowest BCUT2D eigenvalue weighted by atomic mass is 9.98. The molecule has 1 aromatic rings. The molecular weight excluding hydrogens is 298 g/mol. The van der Waals surface area contributed by atoms with Crippen LogP contribution in [0.3, 0.4) is 0 Å². The fourth-order valence-electron chi connectivity index (χ4n) is 1.88. The zero-order valence-electron chi connectivity index (χ0n) is 15.2. The summed E-state index contributed by atoms with van der Waals surface area (Å²) < 4.78 is 4.80. The van der Waals surface area contributed by atoms with Crippen molar-refractivity contribution < 1.29 is 9.53 Å². The zero-order chi connectivity index (χ0) is 18.8. The average molecular weight is 331 g/mol. The van der Waals surface area contributed by atoms with Crippen molar-refractivity contribution >= 4 is 5.97 Å². The van der Waals surface area contributed by atoms with E-state index in [-0.39, 0.29) is 5.97 Å². The second kappa shape index (κ2) is 17.2. The van der Waals surface area contributed by atoms with E-state index in [2.05, 4.69) is 38.4 Å². The minimum absolute atomic E-state index is 0.305. The van der Waals surface area contributed by atoms with Gasteiger partial charge in [0.1, 0.15) is 6.04 Å². The molecule has 2 unspecified atom stereocenters. The molecule has 3 nitrogen and oxygen atoms in total. The third-order valence-corrected chi connectivity index (χ3v) is 3.23. The van der Waals surface area contributed by atoms with Gasteiger partial charge in [-0.05, 0) is 37.7 Å². The first-order valence-corrected chi connectivity index (χ1v) is 8.28. The van der Waals surface area contributed by atoms with Crippen LogP contribution in [0.1, 0.15) is 32.3 Å². The molecule has 0 aromatic heterocycles. The maximum atomic E-state index is 11.1. The zero-order valence-corrected chi connectivity index (χ0v) is 15.2. The lowest BCUT2D eigenvalue weighted by Gasteiger charge is -2.14. The molecule has 24 heavy (non-hydrogen) atoms. The van der Waals surface area contributed by atoms with Crippen LogP contribution >= 0.6 is 0 Å². The van der Waals surface area contributed by atoms with Gasteiger partial charge >= 0.3 is 5.97 Å². The van der Waals surface area contributed by atoms with Gasteiger partial charge in [0.25, 0.3) is 0 Å². The molecule has 0 fully saturated rings. The van der Waals surface area contributed by atoms with E-state index < -0.39 is 6.04 Å². The van der Waals surface area contributed by atoms with Gasteiger partial charge in [0, 0.05) is 0 Å². The van der Waals surface area contributed by atoms with Crippen molar-refractivity contribution in [2.75, 3.05) is 6.61 Å². The Morgan fingerprint density at radius 1 is 1.21 bits per heavy atom. The largest absolute Gasteiger partial charge is 0.465 e. The summed E-state index contributed by atoms with van der Waals surface area (Å²) in [6, 6.07) is 9.79. The van der Waals surface area contributed by atoms with Gasteiger partial charge in [-0.2, -0.15) is 0 Å². The molecule has 0 heterocycles. The number of benzene rings is 1. The number of hydrogen-bond donors (Lipinski definition) is 1. The molecule has 2 atom stereocenters. The van der Waals surface area contributed by atoms with Gasteiger partial charge in [-0.3, -0.25) is 4.79 Å². The van der Waals surface area contributed by atoms with Crippen molar-refractivity contribution in [2.45, 2.75) is 39.2 Å². The van der Waals surface area contributed by atoms with Crippen molar-refractivity contribution in [3.63, 3.8) is 0 Å². The molecule has 0 aliphatic heterocycles. The second-order valence-corrected chi connectivity index (χ2v) is 4.98. The number of hydrogen-bond acceptors (Lipinski definition) is 3. The van der Waals surface area contributed by atoms with Gasteiger partial charge in [-0.25, -0.2) is 0 Å². The average Bonchev–Trinajstić information content (AvgIpc) is 2.63. The topological polar surface area (TPSA) is 52.3 Å². The SMILES string of the molecule is C=C.C=CC(CC)CC(N)C(=O)OCC.C=CCc1ccccc1. The monoisotopic (exact) mass is 331 g/mol. The standard InChI is InChI=1S/C10H19NO2.C9H10.C2H4/c1-4-8(5-2)7-9(11)10(12)13-6-3;1-2-6-9-7-4-3-5-8-9;1-2/h4,8-9H,1,5-7,11H2,2-3H3;2-5,7-8H,1,6H2;1-2H2. The van der Waals surface area contributed by atoms with Crippen LogP contribution in [0.2, 0.25) is 0 Å². The molecule has 1 aromatic carbocycles. The highest BCUT2D eigenvalue weighted by atomic mass is 16.5. The summed E-state index contributed by atoms with van der Waals surface area (Å²) in [6.07, 6.45) is 6.30. The normalized spacial score (nSPS) is 11.5. The minimum Gasteiger partial charge on any atom is -0.465 e. The molecule has 1 rings (SSSR count). The second-order valence-electron chi connectivity index (χ2n) is 4.98. The van der Waals surface area contributed by atoms with E-state index in [0.29, 0.717) is 18.9 Å². The first-order chi connectivity index (χ1) is 11.6. The molecule has 3 heteroatoms. The number of rotatable bonds is 8. The van der Waals surface area contributed by atoms with Crippen LogP contribution in [0.5, 0.6) is 0 Å². The number of esters is 1. The maximum Gasteiger partial charge on any atom is 0.322 e. The molecule has 0 amide bonds. The lowest BCUT2D eigenvalue weighted by molar-refractivity contribution is -0.145. The van der Waals surface area contributed by atoms with E-state index in [9.17, 15) is 4.79 Å². The molecule has 0 radical (unpaired) electrons. The number of carbonyl (C=O) groups excluding carboxylic acids is 1. The van der Waals surface area contributed by atoms with E-state index in [1.165, 1.54) is 5.56 Å². The Morgan fingerprint density at radius 2 is 1.79 bits per heavy atom. The fourth-order valence-corrected chi connectivity index (χ4v) is 1.88. The van der Waals surface area contributed by atoms with Crippen molar-refractivity contribution in [1.29, 1.82) is 0 Å². The van der Waals surface area contributed by atoms with Gasteiger partial charge in [-0.15, -0.1) is 26.3 Å². The molecule has 0 saturated heterocycles. The summed E-state index contributed by atoms with van der Waals surface area (Å²) in [5.41, 5.74) is 6.96. The van der Waals surface area contributed by atoms with Crippen LogP contribution in [0.4, 0.5) is 0 Å². The van der Waals surface area contributed by atoms with E-state index >= 15 is 0 Å². The van der Waals surface area contributed by atoms with Crippen LogP contribution in [0.25, 0.3) is 0 Å². The predicted octanol–water partition coefficient (Wildman–Crippen LogP) is 4.70. The number of carbonyl (C=O) groups is 1. The van der Waals surface area contributed by atoms with Crippen LogP contribution in [-0.2, 0) is 16.0 Å². The fraction of sp³-hybridized carbons (Fsp3) is 0.381. The van der Waals surface area contributed by atoms with E-state index in [1.54, 1.807) is 6.92 Å². The van der Waals surface area contributed by atoms with Crippen molar-refractivity contribution in [2.24, 2.45) is 11.7 Å². The molecule has 0 aliphatic rings. The van der Waals surface area contributed by atoms with Gasteiger partial charge in [0.2, 0.25) is 0 Å². The Hall–Kier alpha value is -2.13. The summed E-state index contributed by atoms with van der Waals surface area (Å²) in [4.78, 5) is 11.1. The molecular formula is C21H33NO2. The van der Waals surface area contributed by atoms with Gasteiger partial charge in [0.05, 0.1) is 6.61 Å². The maximum absolute atomic E-state index is 11.1. The Bertz CT molecular complexity index is 442. The van der Waals surface area contributed by atoms with E-state index in [0.717, 1.165) is 12.8 Å². The molecule has 0 aliphatic carbocycles. The molecule has 134 valence electrons.